The number of rotatable bonds is 2. The van der Waals surface area contributed by atoms with E-state index in [1.54, 1.807) is 11.1 Å². The predicted octanol–water partition coefficient (Wildman–Crippen LogP) is 4.99. The van der Waals surface area contributed by atoms with Crippen LogP contribution in [0.1, 0.15) is 52.9 Å². The van der Waals surface area contributed by atoms with Crippen LogP contribution in [0.25, 0.3) is 0 Å². The first kappa shape index (κ1) is 17.5. The summed E-state index contributed by atoms with van der Waals surface area (Å²) >= 11 is 4.35. The van der Waals surface area contributed by atoms with Gasteiger partial charge in [-0.05, 0) is 43.6 Å². The average molecular weight is 367 g/mol. The molecule has 0 amide bonds. The molecule has 0 aromatic carbocycles. The van der Waals surface area contributed by atoms with Crippen molar-refractivity contribution in [3.63, 3.8) is 0 Å². The van der Waals surface area contributed by atoms with Crippen LogP contribution in [0, 0.1) is 16.7 Å². The number of allylic oxidation sites excluding steroid dienone is 1. The van der Waals surface area contributed by atoms with E-state index in [2.05, 4.69) is 50.9 Å². The van der Waals surface area contributed by atoms with Gasteiger partial charge in [-0.3, -0.25) is 0 Å². The van der Waals surface area contributed by atoms with Gasteiger partial charge in [-0.1, -0.05) is 32.4 Å². The molecule has 134 valence electrons. The Morgan fingerprint density at radius 3 is 2.58 bits per heavy atom. The number of thioether (sulfide) groups is 2. The summed E-state index contributed by atoms with van der Waals surface area (Å²) in [4.78, 5) is 0. The second kappa shape index (κ2) is 5.80. The van der Waals surface area contributed by atoms with E-state index in [9.17, 15) is 5.11 Å². The van der Waals surface area contributed by atoms with Crippen LogP contribution in [0.2, 0.25) is 0 Å². The lowest BCUT2D eigenvalue weighted by Gasteiger charge is -2.49. The summed E-state index contributed by atoms with van der Waals surface area (Å²) in [5.74, 6) is 3.13. The minimum absolute atomic E-state index is 0.0379. The maximum absolute atomic E-state index is 10.5. The van der Waals surface area contributed by atoms with Crippen LogP contribution >= 0.6 is 23.5 Å². The van der Waals surface area contributed by atoms with Crippen molar-refractivity contribution < 1.29 is 9.84 Å². The molecular weight excluding hydrogens is 336 g/mol. The molecule has 1 N–H and O–H groups in total. The van der Waals surface area contributed by atoms with Crippen molar-refractivity contribution in [2.24, 2.45) is 16.7 Å². The number of hydrogen-bond acceptors (Lipinski definition) is 4. The normalized spacial score (nSPS) is 47.4. The van der Waals surface area contributed by atoms with Gasteiger partial charge < -0.3 is 9.84 Å². The molecule has 0 saturated carbocycles. The average Bonchev–Trinajstić information content (AvgIpc) is 3.25. The highest BCUT2D eigenvalue weighted by atomic mass is 32.2. The van der Waals surface area contributed by atoms with Gasteiger partial charge in [0.2, 0.25) is 0 Å². The van der Waals surface area contributed by atoms with Crippen LogP contribution in [0.4, 0.5) is 0 Å². The highest BCUT2D eigenvalue weighted by Crippen LogP contribution is 2.67. The van der Waals surface area contributed by atoms with Crippen LogP contribution in [-0.4, -0.2) is 33.1 Å². The largest absolute Gasteiger partial charge is 0.367 e. The summed E-state index contributed by atoms with van der Waals surface area (Å²) in [5.41, 5.74) is 3.12. The van der Waals surface area contributed by atoms with Gasteiger partial charge in [0.05, 0.1) is 10.2 Å². The number of hydrogen-bond donors (Lipinski definition) is 1. The highest BCUT2D eigenvalue weighted by molar-refractivity contribution is 8.21. The first-order chi connectivity index (χ1) is 11.4. The third-order valence-corrected chi connectivity index (χ3v) is 10.8. The maximum Gasteiger partial charge on any atom is 0.163 e. The van der Waals surface area contributed by atoms with Gasteiger partial charge in [-0.2, -0.15) is 0 Å². The van der Waals surface area contributed by atoms with Crippen molar-refractivity contribution >= 4 is 23.5 Å². The Kier molecular flexibility index (Phi) is 4.23. The van der Waals surface area contributed by atoms with Gasteiger partial charge in [0.15, 0.2) is 6.29 Å². The summed E-state index contributed by atoms with van der Waals surface area (Å²) in [6.45, 7) is 10.9. The number of aliphatic hydroxyl groups excluding tert-OH is 1. The van der Waals surface area contributed by atoms with Gasteiger partial charge >= 0.3 is 0 Å². The molecule has 2 saturated heterocycles. The van der Waals surface area contributed by atoms with Crippen molar-refractivity contribution in [3.8, 4) is 0 Å². The molecule has 4 aliphatic rings. The smallest absolute Gasteiger partial charge is 0.163 e. The molecule has 0 aromatic heterocycles. The Bertz CT molecular complexity index is 580. The monoisotopic (exact) mass is 366 g/mol. The Morgan fingerprint density at radius 1 is 1.25 bits per heavy atom. The summed E-state index contributed by atoms with van der Waals surface area (Å²) in [7, 11) is 0. The second-order valence-corrected chi connectivity index (χ2v) is 11.6. The second-order valence-electron chi connectivity index (χ2n) is 8.54. The summed E-state index contributed by atoms with van der Waals surface area (Å²) in [6, 6.07) is 0. The lowest BCUT2D eigenvalue weighted by molar-refractivity contribution is -0.147. The Balaban J connectivity index is 1.77. The molecule has 24 heavy (non-hydrogen) atoms. The van der Waals surface area contributed by atoms with Gasteiger partial charge in [-0.15, -0.1) is 30.1 Å². The fourth-order valence-electron chi connectivity index (χ4n) is 5.43. The fourth-order valence-corrected chi connectivity index (χ4v) is 9.10. The maximum atomic E-state index is 10.5. The molecule has 1 unspecified atom stereocenters. The zero-order chi connectivity index (χ0) is 17.2. The molecule has 2 heterocycles. The molecule has 4 rings (SSSR count). The molecule has 2 aliphatic heterocycles. The van der Waals surface area contributed by atoms with E-state index >= 15 is 0 Å². The van der Waals surface area contributed by atoms with Crippen molar-refractivity contribution in [2.75, 3.05) is 11.5 Å². The van der Waals surface area contributed by atoms with E-state index in [0.717, 1.165) is 6.42 Å². The van der Waals surface area contributed by atoms with Crippen LogP contribution in [0.15, 0.2) is 23.8 Å². The topological polar surface area (TPSA) is 29.5 Å². The van der Waals surface area contributed by atoms with Crippen LogP contribution < -0.4 is 0 Å². The van der Waals surface area contributed by atoms with E-state index in [4.69, 9.17) is 4.74 Å². The first-order valence-electron chi connectivity index (χ1n) is 9.34. The third kappa shape index (κ3) is 2.25. The van der Waals surface area contributed by atoms with E-state index in [0.29, 0.717) is 10.00 Å². The highest BCUT2D eigenvalue weighted by Gasteiger charge is 2.60. The molecule has 1 spiro atoms. The van der Waals surface area contributed by atoms with Crippen LogP contribution in [0.3, 0.4) is 0 Å². The lowest BCUT2D eigenvalue weighted by Crippen LogP contribution is -2.46. The molecule has 0 aromatic rings. The minimum Gasteiger partial charge on any atom is -0.367 e. The van der Waals surface area contributed by atoms with Crippen LogP contribution in [0.5, 0.6) is 0 Å². The molecule has 2 fully saturated rings. The fraction of sp³-hybridized carbons (Fsp3) is 0.800. The Labute approximate surface area is 154 Å². The first-order valence-corrected chi connectivity index (χ1v) is 11.3. The molecule has 4 heteroatoms. The van der Waals surface area contributed by atoms with Crippen molar-refractivity contribution in [2.45, 2.75) is 69.3 Å². The quantitative estimate of drug-likeness (QED) is 0.697. The molecule has 2 aliphatic carbocycles. The summed E-state index contributed by atoms with van der Waals surface area (Å²) in [6.07, 6.45) is 7.22. The molecular formula is C20H30O2S2. The molecule has 0 radical (unpaired) electrons. The van der Waals surface area contributed by atoms with Gasteiger partial charge in [0.1, 0.15) is 0 Å². The van der Waals surface area contributed by atoms with Crippen molar-refractivity contribution in [1.29, 1.82) is 0 Å². The number of fused-ring (bicyclic) bond motifs is 1. The zero-order valence-electron chi connectivity index (χ0n) is 15.1. The molecule has 0 bridgehead atoms. The van der Waals surface area contributed by atoms with Gasteiger partial charge in [-0.25, -0.2) is 0 Å². The van der Waals surface area contributed by atoms with Crippen LogP contribution in [-0.2, 0) is 4.74 Å². The van der Waals surface area contributed by atoms with E-state index in [1.807, 2.05) is 6.08 Å². The molecule has 2 nitrogen and oxygen atoms in total. The molecule has 5 atom stereocenters. The van der Waals surface area contributed by atoms with E-state index in [1.165, 1.54) is 37.2 Å². The van der Waals surface area contributed by atoms with Crippen molar-refractivity contribution in [1.82, 2.24) is 0 Å². The summed E-state index contributed by atoms with van der Waals surface area (Å²) in [5, 5.41) is 10.5. The minimum atomic E-state index is -0.726. The van der Waals surface area contributed by atoms with E-state index in [-0.39, 0.29) is 16.9 Å². The van der Waals surface area contributed by atoms with Gasteiger partial charge in [0.25, 0.3) is 0 Å². The zero-order valence-corrected chi connectivity index (χ0v) is 16.8. The van der Waals surface area contributed by atoms with E-state index < -0.39 is 6.29 Å². The SMILES string of the molecule is C=C[C@]1(C)C[C@H]([C@@]2(C)C3=C(CC[C@H]2C)CCC32SCCS2)OC1O. The Morgan fingerprint density at radius 2 is 1.96 bits per heavy atom. The summed E-state index contributed by atoms with van der Waals surface area (Å²) < 4.78 is 6.52. The lowest BCUT2D eigenvalue weighted by atomic mass is 9.60. The van der Waals surface area contributed by atoms with Crippen molar-refractivity contribution in [3.05, 3.63) is 23.8 Å². The van der Waals surface area contributed by atoms with Gasteiger partial charge in [0, 0.05) is 22.3 Å². The standard InChI is InChI=1S/C20H30O2S2/c1-5-18(3)12-15(22-17(18)21)19(4)13(2)6-7-14-8-9-20(16(14)19)23-10-11-24-20/h5,13,15,17,21H,1,6-12H2,2-4H3/t13-,15-,17?,18-,19+/m1/s1. The Hall–Kier alpha value is 0.1000. The predicted molar refractivity (Wildman–Crippen MR) is 104 cm³/mol. The number of ether oxygens (including phenoxy) is 1. The number of aliphatic hydroxyl groups is 1. The third-order valence-electron chi connectivity index (χ3n) is 7.30.